The van der Waals surface area contributed by atoms with Gasteiger partial charge in [0.1, 0.15) is 5.75 Å². The molecule has 0 radical (unpaired) electrons. The summed E-state index contributed by atoms with van der Waals surface area (Å²) in [5.41, 5.74) is 2.88. The maximum absolute atomic E-state index is 12.5. The van der Waals surface area contributed by atoms with E-state index in [-0.39, 0.29) is 5.91 Å². The largest absolute Gasteiger partial charge is 0.497 e. The molecule has 0 aliphatic carbocycles. The summed E-state index contributed by atoms with van der Waals surface area (Å²) in [7, 11) is 3.45. The molecule has 0 atom stereocenters. The van der Waals surface area contributed by atoms with Gasteiger partial charge in [-0.1, -0.05) is 11.3 Å². The molecule has 1 amide bonds. The number of hydrogen-bond donors (Lipinski definition) is 1. The Kier molecular flexibility index (Phi) is 3.61. The van der Waals surface area contributed by atoms with Gasteiger partial charge in [-0.2, -0.15) is 5.10 Å². The lowest BCUT2D eigenvalue weighted by atomic mass is 10.2. The molecule has 25 heavy (non-hydrogen) atoms. The van der Waals surface area contributed by atoms with E-state index in [9.17, 15) is 4.79 Å². The Morgan fingerprint density at radius 1 is 1.32 bits per heavy atom. The standard InChI is InChI=1S/C17H15N5O2S/c1-9-12-6-10(8-18-15(12)22(2)21-9)16(23)20-17-19-13-5-4-11(24-3)7-14(13)25-17/h4-8H,1-3H3,(H,19,20,23). The second-order valence-electron chi connectivity index (χ2n) is 5.61. The van der Waals surface area contributed by atoms with Gasteiger partial charge < -0.3 is 4.74 Å². The van der Waals surface area contributed by atoms with E-state index < -0.39 is 0 Å². The summed E-state index contributed by atoms with van der Waals surface area (Å²) in [6.45, 7) is 1.90. The highest BCUT2D eigenvalue weighted by atomic mass is 32.1. The van der Waals surface area contributed by atoms with Crippen molar-refractivity contribution in [2.24, 2.45) is 7.05 Å². The minimum absolute atomic E-state index is 0.247. The van der Waals surface area contributed by atoms with Crippen molar-refractivity contribution in [1.82, 2.24) is 19.7 Å². The van der Waals surface area contributed by atoms with Crippen LogP contribution in [0.4, 0.5) is 5.13 Å². The lowest BCUT2D eigenvalue weighted by Crippen LogP contribution is -2.12. The summed E-state index contributed by atoms with van der Waals surface area (Å²) in [4.78, 5) is 21.3. The first-order valence-electron chi connectivity index (χ1n) is 7.60. The van der Waals surface area contributed by atoms with Crippen molar-refractivity contribution in [3.05, 3.63) is 41.7 Å². The van der Waals surface area contributed by atoms with Crippen LogP contribution in [0.3, 0.4) is 0 Å². The van der Waals surface area contributed by atoms with Crippen LogP contribution in [0, 0.1) is 6.92 Å². The first-order chi connectivity index (χ1) is 12.0. The number of rotatable bonds is 3. The van der Waals surface area contributed by atoms with Gasteiger partial charge in [-0.15, -0.1) is 0 Å². The lowest BCUT2D eigenvalue weighted by molar-refractivity contribution is 0.102. The van der Waals surface area contributed by atoms with Crippen LogP contribution in [0.1, 0.15) is 16.1 Å². The fourth-order valence-electron chi connectivity index (χ4n) is 2.69. The molecule has 0 saturated heterocycles. The molecule has 1 N–H and O–H groups in total. The number of carbonyl (C=O) groups excluding carboxylic acids is 1. The highest BCUT2D eigenvalue weighted by molar-refractivity contribution is 7.22. The number of nitrogens with one attached hydrogen (secondary N) is 1. The fraction of sp³-hybridized carbons (Fsp3) is 0.176. The Labute approximate surface area is 147 Å². The summed E-state index contributed by atoms with van der Waals surface area (Å²) in [6.07, 6.45) is 1.55. The smallest absolute Gasteiger partial charge is 0.259 e. The molecule has 0 spiro atoms. The number of nitrogens with zero attached hydrogens (tertiary/aromatic N) is 4. The minimum atomic E-state index is -0.247. The zero-order valence-electron chi connectivity index (χ0n) is 13.9. The van der Waals surface area contributed by atoms with E-state index in [1.807, 2.05) is 32.2 Å². The van der Waals surface area contributed by atoms with Crippen LogP contribution < -0.4 is 10.1 Å². The van der Waals surface area contributed by atoms with Gasteiger partial charge in [0, 0.05) is 18.6 Å². The van der Waals surface area contributed by atoms with Crippen molar-refractivity contribution in [1.29, 1.82) is 0 Å². The number of fused-ring (bicyclic) bond motifs is 2. The van der Waals surface area contributed by atoms with Crippen LogP contribution in [0.2, 0.25) is 0 Å². The zero-order chi connectivity index (χ0) is 17.6. The van der Waals surface area contributed by atoms with Gasteiger partial charge in [-0.05, 0) is 31.2 Å². The van der Waals surface area contributed by atoms with Crippen molar-refractivity contribution >= 4 is 43.6 Å². The molecule has 3 heterocycles. The summed E-state index contributed by atoms with van der Waals surface area (Å²) < 4.78 is 7.86. The molecular weight excluding hydrogens is 338 g/mol. The monoisotopic (exact) mass is 353 g/mol. The number of pyridine rings is 1. The maximum Gasteiger partial charge on any atom is 0.259 e. The molecule has 0 aliphatic heterocycles. The molecule has 0 bridgehead atoms. The van der Waals surface area contributed by atoms with Crippen molar-refractivity contribution in [3.8, 4) is 5.75 Å². The molecule has 4 aromatic rings. The van der Waals surface area contributed by atoms with Gasteiger partial charge in [-0.3, -0.25) is 14.8 Å². The normalized spacial score (nSPS) is 11.2. The summed E-state index contributed by atoms with van der Waals surface area (Å²) >= 11 is 1.40. The van der Waals surface area contributed by atoms with Crippen LogP contribution in [0.5, 0.6) is 5.75 Å². The third kappa shape index (κ3) is 2.70. The van der Waals surface area contributed by atoms with Gasteiger partial charge in [-0.25, -0.2) is 9.97 Å². The number of hydrogen-bond acceptors (Lipinski definition) is 6. The lowest BCUT2D eigenvalue weighted by Gasteiger charge is -2.01. The van der Waals surface area contributed by atoms with Gasteiger partial charge in [0.25, 0.3) is 5.91 Å². The summed E-state index contributed by atoms with van der Waals surface area (Å²) in [6, 6.07) is 7.41. The number of thiazole rings is 1. The molecular formula is C17H15N5O2S. The fourth-order valence-corrected chi connectivity index (χ4v) is 3.58. The van der Waals surface area contributed by atoms with Crippen molar-refractivity contribution in [2.45, 2.75) is 6.92 Å². The third-order valence-electron chi connectivity index (χ3n) is 3.94. The number of carbonyl (C=O) groups is 1. The number of aromatic nitrogens is 4. The van der Waals surface area contributed by atoms with E-state index >= 15 is 0 Å². The molecule has 8 heteroatoms. The SMILES string of the molecule is COc1ccc2nc(NC(=O)c3cnc4c(c3)c(C)nn4C)sc2c1. The Balaban J connectivity index is 1.64. The van der Waals surface area contributed by atoms with Gasteiger partial charge in [0.2, 0.25) is 0 Å². The highest BCUT2D eigenvalue weighted by Crippen LogP contribution is 2.29. The summed E-state index contributed by atoms with van der Waals surface area (Å²) in [5.74, 6) is 0.513. The zero-order valence-corrected chi connectivity index (χ0v) is 14.7. The van der Waals surface area contributed by atoms with Crippen LogP contribution in [0.25, 0.3) is 21.3 Å². The molecule has 126 valence electrons. The van der Waals surface area contributed by atoms with Gasteiger partial charge in [0.05, 0.1) is 28.6 Å². The Hall–Kier alpha value is -3.00. The van der Waals surface area contributed by atoms with Gasteiger partial charge in [0.15, 0.2) is 10.8 Å². The minimum Gasteiger partial charge on any atom is -0.497 e. The third-order valence-corrected chi connectivity index (χ3v) is 4.87. The van der Waals surface area contributed by atoms with E-state index in [0.29, 0.717) is 10.7 Å². The highest BCUT2D eigenvalue weighted by Gasteiger charge is 2.14. The number of benzene rings is 1. The van der Waals surface area contributed by atoms with E-state index in [2.05, 4.69) is 20.4 Å². The Bertz CT molecular complexity index is 1120. The van der Waals surface area contributed by atoms with Crippen LogP contribution >= 0.6 is 11.3 Å². The predicted octanol–water partition coefficient (Wildman–Crippen LogP) is 3.15. The average Bonchev–Trinajstić information content (AvgIpc) is 3.14. The van der Waals surface area contributed by atoms with E-state index in [4.69, 9.17) is 4.74 Å². The molecule has 0 aliphatic rings. The quantitative estimate of drug-likeness (QED) is 0.612. The average molecular weight is 353 g/mol. The molecule has 3 aromatic heterocycles. The number of anilines is 1. The number of aryl methyl sites for hydroxylation is 2. The molecule has 4 rings (SSSR count). The summed E-state index contributed by atoms with van der Waals surface area (Å²) in [5, 5.41) is 8.56. The van der Waals surface area contributed by atoms with Crippen molar-refractivity contribution < 1.29 is 9.53 Å². The van der Waals surface area contributed by atoms with Crippen LogP contribution in [-0.2, 0) is 7.05 Å². The van der Waals surface area contributed by atoms with E-state index in [0.717, 1.165) is 32.7 Å². The second kappa shape index (κ2) is 5.82. The second-order valence-corrected chi connectivity index (χ2v) is 6.64. The van der Waals surface area contributed by atoms with E-state index in [1.165, 1.54) is 11.3 Å². The topological polar surface area (TPSA) is 81.9 Å². The number of ether oxygens (including phenoxy) is 1. The Morgan fingerprint density at radius 3 is 2.96 bits per heavy atom. The maximum atomic E-state index is 12.5. The number of amides is 1. The first-order valence-corrected chi connectivity index (χ1v) is 8.42. The predicted molar refractivity (Wildman–Crippen MR) is 97.4 cm³/mol. The molecule has 0 fully saturated rings. The molecule has 0 unspecified atom stereocenters. The molecule has 0 saturated carbocycles. The molecule has 1 aromatic carbocycles. The van der Waals surface area contributed by atoms with Crippen molar-refractivity contribution in [2.75, 3.05) is 12.4 Å². The van der Waals surface area contributed by atoms with Crippen LogP contribution in [0.15, 0.2) is 30.5 Å². The van der Waals surface area contributed by atoms with Gasteiger partial charge >= 0.3 is 0 Å². The number of methoxy groups -OCH3 is 1. The van der Waals surface area contributed by atoms with Crippen molar-refractivity contribution in [3.63, 3.8) is 0 Å². The molecule has 7 nitrogen and oxygen atoms in total. The first kappa shape index (κ1) is 15.5. The van der Waals surface area contributed by atoms with Crippen LogP contribution in [-0.4, -0.2) is 32.8 Å². The van der Waals surface area contributed by atoms with E-state index in [1.54, 1.807) is 24.1 Å². The Morgan fingerprint density at radius 2 is 2.16 bits per heavy atom.